The summed E-state index contributed by atoms with van der Waals surface area (Å²) in [6.07, 6.45) is 5.09. The second-order valence-corrected chi connectivity index (χ2v) is 9.19. The molecule has 28 heavy (non-hydrogen) atoms. The quantitative estimate of drug-likeness (QED) is 0.575. The summed E-state index contributed by atoms with van der Waals surface area (Å²) >= 11 is 1.57. The summed E-state index contributed by atoms with van der Waals surface area (Å²) in [5.74, 6) is 0.752. The van der Waals surface area contributed by atoms with E-state index in [9.17, 15) is 8.42 Å². The molecule has 0 spiro atoms. The molecule has 0 atom stereocenters. The first kappa shape index (κ1) is 19.1. The van der Waals surface area contributed by atoms with E-state index < -0.39 is 10.0 Å². The van der Waals surface area contributed by atoms with Gasteiger partial charge in [0.15, 0.2) is 0 Å². The lowest BCUT2D eigenvalue weighted by Gasteiger charge is -2.25. The molecule has 2 aromatic heterocycles. The summed E-state index contributed by atoms with van der Waals surface area (Å²) in [6.45, 7) is 1.63. The van der Waals surface area contributed by atoms with Crippen LogP contribution >= 0.6 is 11.8 Å². The van der Waals surface area contributed by atoms with Gasteiger partial charge >= 0.3 is 0 Å². The molecule has 7 nitrogen and oxygen atoms in total. The van der Waals surface area contributed by atoms with Crippen LogP contribution in [0.15, 0.2) is 71.0 Å². The number of nitrogens with zero attached hydrogens (tertiary/aromatic N) is 4. The fourth-order valence-corrected chi connectivity index (χ4v) is 5.02. The van der Waals surface area contributed by atoms with Crippen LogP contribution in [0.25, 0.3) is 5.69 Å². The van der Waals surface area contributed by atoms with Gasteiger partial charge in [-0.15, -0.1) is 11.8 Å². The van der Waals surface area contributed by atoms with E-state index in [1.807, 2.05) is 29.1 Å². The molecule has 0 saturated carbocycles. The van der Waals surface area contributed by atoms with Crippen LogP contribution in [0, 0.1) is 0 Å². The number of thioether (sulfide) groups is 1. The van der Waals surface area contributed by atoms with Crippen molar-refractivity contribution in [3.05, 3.63) is 66.6 Å². The van der Waals surface area contributed by atoms with Crippen LogP contribution in [0.5, 0.6) is 0 Å². The van der Waals surface area contributed by atoms with Crippen LogP contribution in [-0.2, 0) is 20.5 Å². The average molecular weight is 417 g/mol. The van der Waals surface area contributed by atoms with Gasteiger partial charge in [0.2, 0.25) is 10.0 Å². The van der Waals surface area contributed by atoms with Gasteiger partial charge in [0.25, 0.3) is 0 Å². The number of hydrogen-bond acceptors (Lipinski definition) is 6. The summed E-state index contributed by atoms with van der Waals surface area (Å²) in [4.78, 5) is 4.55. The molecule has 4 rings (SSSR count). The van der Waals surface area contributed by atoms with Crippen LogP contribution in [0.3, 0.4) is 0 Å². The third-order valence-electron chi connectivity index (χ3n) is 4.41. The van der Waals surface area contributed by atoms with Crippen LogP contribution in [0.1, 0.15) is 5.56 Å². The minimum atomic E-state index is -3.50. The Morgan fingerprint density at radius 1 is 1.07 bits per heavy atom. The maximum atomic E-state index is 12.6. The van der Waals surface area contributed by atoms with Crippen LogP contribution in [0.4, 0.5) is 0 Å². The smallest absolute Gasteiger partial charge is 0.244 e. The van der Waals surface area contributed by atoms with Gasteiger partial charge in [-0.25, -0.2) is 18.1 Å². The van der Waals surface area contributed by atoms with Gasteiger partial charge in [-0.05, 0) is 35.9 Å². The number of rotatable bonds is 6. The lowest BCUT2D eigenvalue weighted by atomic mass is 10.2. The Bertz CT molecular complexity index is 998. The van der Waals surface area contributed by atoms with Crippen molar-refractivity contribution in [1.29, 1.82) is 0 Å². The van der Waals surface area contributed by atoms with Gasteiger partial charge in [0.05, 0.1) is 23.9 Å². The van der Waals surface area contributed by atoms with Crippen LogP contribution in [0.2, 0.25) is 0 Å². The lowest BCUT2D eigenvalue weighted by molar-refractivity contribution is 0.0730. The molecule has 146 valence electrons. The highest BCUT2D eigenvalue weighted by atomic mass is 32.2. The summed E-state index contributed by atoms with van der Waals surface area (Å²) in [6, 6.07) is 13.4. The highest BCUT2D eigenvalue weighted by molar-refractivity contribution is 7.98. The van der Waals surface area contributed by atoms with Crippen molar-refractivity contribution in [2.24, 2.45) is 0 Å². The Kier molecular flexibility index (Phi) is 5.77. The van der Waals surface area contributed by atoms with Crippen molar-refractivity contribution >= 4 is 21.8 Å². The predicted octanol–water partition coefficient (Wildman–Crippen LogP) is 2.58. The van der Waals surface area contributed by atoms with Gasteiger partial charge in [-0.1, -0.05) is 12.1 Å². The molecule has 0 amide bonds. The van der Waals surface area contributed by atoms with Crippen molar-refractivity contribution in [2.45, 2.75) is 15.7 Å². The lowest BCUT2D eigenvalue weighted by Crippen LogP contribution is -2.40. The zero-order valence-corrected chi connectivity index (χ0v) is 16.8. The standard InChI is InChI=1S/C19H20N4O3S2/c24-28(25,22-10-12-26-13-11-22)18-6-7-19(20-14-18)27-15-16-2-4-17(5-3-16)23-9-1-8-21-23/h1-9,14H,10-13,15H2. The van der Waals surface area contributed by atoms with Crippen molar-refractivity contribution in [1.82, 2.24) is 19.1 Å². The van der Waals surface area contributed by atoms with E-state index in [0.29, 0.717) is 26.3 Å². The number of aromatic nitrogens is 3. The largest absolute Gasteiger partial charge is 0.379 e. The zero-order chi connectivity index (χ0) is 19.4. The summed E-state index contributed by atoms with van der Waals surface area (Å²) < 4.78 is 33.7. The van der Waals surface area contributed by atoms with E-state index >= 15 is 0 Å². The molecule has 9 heteroatoms. The van der Waals surface area contributed by atoms with Crippen LogP contribution < -0.4 is 0 Å². The summed E-state index contributed by atoms with van der Waals surface area (Å²) in [7, 11) is -3.50. The first-order valence-corrected chi connectivity index (χ1v) is 11.3. The van der Waals surface area contributed by atoms with Gasteiger partial charge < -0.3 is 4.74 Å². The first-order valence-electron chi connectivity index (χ1n) is 8.89. The molecule has 0 radical (unpaired) electrons. The minimum Gasteiger partial charge on any atom is -0.379 e. The van der Waals surface area contributed by atoms with Crippen molar-refractivity contribution in [2.75, 3.05) is 26.3 Å². The molecule has 3 heterocycles. The molecule has 0 N–H and O–H groups in total. The first-order chi connectivity index (χ1) is 13.6. The SMILES string of the molecule is O=S(=O)(c1ccc(SCc2ccc(-n3cccn3)cc2)nc1)N1CCOCC1. The second kappa shape index (κ2) is 8.44. The molecule has 1 aromatic carbocycles. The van der Waals surface area contributed by atoms with Gasteiger partial charge in [-0.3, -0.25) is 0 Å². The number of benzene rings is 1. The number of pyridine rings is 1. The fraction of sp³-hybridized carbons (Fsp3) is 0.263. The number of sulfonamides is 1. The molecule has 0 bridgehead atoms. The Hall–Kier alpha value is -2.20. The minimum absolute atomic E-state index is 0.224. The fourth-order valence-electron chi connectivity index (χ4n) is 2.86. The summed E-state index contributed by atoms with van der Waals surface area (Å²) in [5.41, 5.74) is 2.17. The molecule has 1 aliphatic heterocycles. The normalized spacial score (nSPS) is 15.6. The maximum absolute atomic E-state index is 12.6. The Morgan fingerprint density at radius 2 is 1.86 bits per heavy atom. The number of ether oxygens (including phenoxy) is 1. The van der Waals surface area contributed by atoms with E-state index in [2.05, 4.69) is 22.2 Å². The molecular formula is C19H20N4O3S2. The molecule has 0 unspecified atom stereocenters. The third kappa shape index (κ3) is 4.27. The van der Waals surface area contributed by atoms with E-state index in [1.165, 1.54) is 10.5 Å². The van der Waals surface area contributed by atoms with Gasteiger partial charge in [0.1, 0.15) is 4.90 Å². The molecule has 3 aromatic rings. The van der Waals surface area contributed by atoms with Crippen molar-refractivity contribution in [3.63, 3.8) is 0 Å². The highest BCUT2D eigenvalue weighted by Gasteiger charge is 2.26. The topological polar surface area (TPSA) is 77.3 Å². The zero-order valence-electron chi connectivity index (χ0n) is 15.1. The Labute approximate surface area is 168 Å². The summed E-state index contributed by atoms with van der Waals surface area (Å²) in [5, 5.41) is 5.00. The predicted molar refractivity (Wildman–Crippen MR) is 107 cm³/mol. The Morgan fingerprint density at radius 3 is 2.50 bits per heavy atom. The van der Waals surface area contributed by atoms with E-state index in [4.69, 9.17) is 4.74 Å². The molecule has 1 fully saturated rings. The third-order valence-corrected chi connectivity index (χ3v) is 7.31. The molecule has 1 saturated heterocycles. The highest BCUT2D eigenvalue weighted by Crippen LogP contribution is 2.24. The number of morpholine rings is 1. The monoisotopic (exact) mass is 416 g/mol. The van der Waals surface area contributed by atoms with Crippen LogP contribution in [-0.4, -0.2) is 53.8 Å². The Balaban J connectivity index is 1.38. The molecule has 0 aliphatic carbocycles. The molecule has 1 aliphatic rings. The van der Waals surface area contributed by atoms with E-state index in [-0.39, 0.29) is 4.90 Å². The second-order valence-electron chi connectivity index (χ2n) is 6.25. The van der Waals surface area contributed by atoms with Gasteiger partial charge in [0, 0.05) is 37.4 Å². The molecular weight excluding hydrogens is 396 g/mol. The average Bonchev–Trinajstić information content (AvgIpc) is 3.28. The van der Waals surface area contributed by atoms with Crippen molar-refractivity contribution in [3.8, 4) is 5.69 Å². The maximum Gasteiger partial charge on any atom is 0.244 e. The van der Waals surface area contributed by atoms with E-state index in [0.717, 1.165) is 22.0 Å². The van der Waals surface area contributed by atoms with Crippen molar-refractivity contribution < 1.29 is 13.2 Å². The number of hydrogen-bond donors (Lipinski definition) is 0. The van der Waals surface area contributed by atoms with E-state index in [1.54, 1.807) is 30.1 Å². The van der Waals surface area contributed by atoms with Gasteiger partial charge in [-0.2, -0.15) is 9.40 Å².